The van der Waals surface area contributed by atoms with Gasteiger partial charge in [-0.25, -0.2) is 0 Å². The van der Waals surface area contributed by atoms with Crippen LogP contribution in [-0.4, -0.2) is 25.6 Å². The molecule has 0 bridgehead atoms. The molecule has 1 aromatic rings. The number of rotatable bonds is 4. The summed E-state index contributed by atoms with van der Waals surface area (Å²) in [5, 5.41) is 0. The Kier molecular flexibility index (Phi) is 4.53. The maximum Gasteiger partial charge on any atom is 0.0364 e. The minimum Gasteiger partial charge on any atom is -0.374 e. The molecule has 0 fully saturated rings. The molecule has 0 aromatic heterocycles. The molecule has 1 nitrogen and oxygen atoms in total. The highest BCUT2D eigenvalue weighted by Gasteiger charge is 1.98. The summed E-state index contributed by atoms with van der Waals surface area (Å²) in [4.78, 5) is 3.51. The van der Waals surface area contributed by atoms with E-state index in [-0.39, 0.29) is 0 Å². The summed E-state index contributed by atoms with van der Waals surface area (Å²) in [5.74, 6) is 0.890. The molecule has 0 saturated heterocycles. The van der Waals surface area contributed by atoms with E-state index in [1.807, 2.05) is 0 Å². The van der Waals surface area contributed by atoms with Crippen LogP contribution in [0.5, 0.6) is 0 Å². The van der Waals surface area contributed by atoms with Gasteiger partial charge in [0.25, 0.3) is 0 Å². The predicted molar refractivity (Wildman–Crippen MR) is 65.3 cm³/mol. The molecule has 1 rings (SSSR count). The Hall–Kier alpha value is -0.280. The predicted octanol–water partition coefficient (Wildman–Crippen LogP) is 2.77. The number of thiol groups is 1. The molecule has 0 unspecified atom stereocenters. The van der Waals surface area contributed by atoms with Crippen LogP contribution < -0.4 is 4.90 Å². The van der Waals surface area contributed by atoms with Gasteiger partial charge in [-0.2, -0.15) is 12.6 Å². The lowest BCUT2D eigenvalue weighted by atomic mass is 10.3. The molecule has 0 saturated carbocycles. The monoisotopic (exact) mass is 213 g/mol. The Morgan fingerprint density at radius 2 is 1.92 bits per heavy atom. The summed E-state index contributed by atoms with van der Waals surface area (Å²) in [6.07, 6.45) is 2.09. The molecule has 0 aliphatic rings. The zero-order valence-electron chi connectivity index (χ0n) is 8.03. The molecule has 0 aliphatic carbocycles. The largest absolute Gasteiger partial charge is 0.374 e. The van der Waals surface area contributed by atoms with Gasteiger partial charge < -0.3 is 4.90 Å². The van der Waals surface area contributed by atoms with Crippen LogP contribution in [0.3, 0.4) is 0 Å². The van der Waals surface area contributed by atoms with Gasteiger partial charge in [0.1, 0.15) is 0 Å². The van der Waals surface area contributed by atoms with Gasteiger partial charge in [0.2, 0.25) is 0 Å². The van der Waals surface area contributed by atoms with Crippen molar-refractivity contribution in [3.8, 4) is 0 Å². The van der Waals surface area contributed by atoms with Crippen molar-refractivity contribution in [1.82, 2.24) is 0 Å². The van der Waals surface area contributed by atoms with Crippen molar-refractivity contribution in [3.05, 3.63) is 24.3 Å². The van der Waals surface area contributed by atoms with Crippen molar-refractivity contribution in [2.24, 2.45) is 0 Å². The third kappa shape index (κ3) is 3.16. The summed E-state index contributed by atoms with van der Waals surface area (Å²) in [6, 6.07) is 8.59. The van der Waals surface area contributed by atoms with E-state index in [2.05, 4.69) is 55.1 Å². The fraction of sp³-hybridized carbons (Fsp3) is 0.400. The van der Waals surface area contributed by atoms with E-state index in [4.69, 9.17) is 0 Å². The second-order valence-electron chi connectivity index (χ2n) is 2.84. The molecule has 0 spiro atoms. The first-order chi connectivity index (χ1) is 6.27. The fourth-order valence-electron chi connectivity index (χ4n) is 1.12. The lowest BCUT2D eigenvalue weighted by molar-refractivity contribution is 0.978. The maximum atomic E-state index is 4.20. The van der Waals surface area contributed by atoms with Gasteiger partial charge in [0.15, 0.2) is 0 Å². The SMILES string of the molecule is CSc1ccc(N(C)CCS)cc1. The average molecular weight is 213 g/mol. The van der Waals surface area contributed by atoms with Gasteiger partial charge in [0.05, 0.1) is 0 Å². The van der Waals surface area contributed by atoms with Crippen molar-refractivity contribution >= 4 is 30.1 Å². The number of hydrogen-bond donors (Lipinski definition) is 1. The highest BCUT2D eigenvalue weighted by Crippen LogP contribution is 2.19. The third-order valence-electron chi connectivity index (χ3n) is 1.95. The molecule has 0 radical (unpaired) electrons. The number of nitrogens with zero attached hydrogens (tertiary/aromatic N) is 1. The fourth-order valence-corrected chi connectivity index (χ4v) is 1.82. The van der Waals surface area contributed by atoms with Crippen LogP contribution in [0, 0.1) is 0 Å². The molecule has 1 aromatic carbocycles. The van der Waals surface area contributed by atoms with Gasteiger partial charge in [-0.15, -0.1) is 11.8 Å². The Labute approximate surface area is 89.9 Å². The van der Waals surface area contributed by atoms with Crippen LogP contribution in [0.15, 0.2) is 29.2 Å². The Bertz CT molecular complexity index is 246. The normalized spacial score (nSPS) is 10.1. The van der Waals surface area contributed by atoms with Gasteiger partial charge in [0, 0.05) is 29.9 Å². The summed E-state index contributed by atoms with van der Waals surface area (Å²) in [5.41, 5.74) is 1.26. The molecule has 72 valence electrons. The van der Waals surface area contributed by atoms with Gasteiger partial charge in [-0.05, 0) is 30.5 Å². The first-order valence-corrected chi connectivity index (χ1v) is 6.09. The van der Waals surface area contributed by atoms with Crippen LogP contribution in [-0.2, 0) is 0 Å². The van der Waals surface area contributed by atoms with Crippen LogP contribution in [0.1, 0.15) is 0 Å². The topological polar surface area (TPSA) is 3.24 Å². The quantitative estimate of drug-likeness (QED) is 0.605. The second-order valence-corrected chi connectivity index (χ2v) is 4.17. The molecule has 13 heavy (non-hydrogen) atoms. The van der Waals surface area contributed by atoms with E-state index in [9.17, 15) is 0 Å². The number of benzene rings is 1. The Morgan fingerprint density at radius 3 is 2.38 bits per heavy atom. The minimum absolute atomic E-state index is 0.890. The van der Waals surface area contributed by atoms with Crippen molar-refractivity contribution in [1.29, 1.82) is 0 Å². The Balaban J connectivity index is 2.67. The van der Waals surface area contributed by atoms with Crippen molar-refractivity contribution in [3.63, 3.8) is 0 Å². The van der Waals surface area contributed by atoms with Crippen LogP contribution in [0.4, 0.5) is 5.69 Å². The average Bonchev–Trinajstić information content (AvgIpc) is 2.18. The highest BCUT2D eigenvalue weighted by atomic mass is 32.2. The molecular weight excluding hydrogens is 198 g/mol. The number of anilines is 1. The minimum atomic E-state index is 0.890. The lowest BCUT2D eigenvalue weighted by Crippen LogP contribution is -2.19. The van der Waals surface area contributed by atoms with E-state index in [1.165, 1.54) is 10.6 Å². The molecular formula is C10H15NS2. The standard InChI is InChI=1S/C10H15NS2/c1-11(7-8-12)9-3-5-10(13-2)6-4-9/h3-6,12H,7-8H2,1-2H3. The Morgan fingerprint density at radius 1 is 1.31 bits per heavy atom. The lowest BCUT2D eigenvalue weighted by Gasteiger charge is -2.17. The highest BCUT2D eigenvalue weighted by molar-refractivity contribution is 7.98. The first kappa shape index (κ1) is 10.8. The van der Waals surface area contributed by atoms with E-state index in [0.29, 0.717) is 0 Å². The van der Waals surface area contributed by atoms with Crippen LogP contribution >= 0.6 is 24.4 Å². The number of thioether (sulfide) groups is 1. The van der Waals surface area contributed by atoms with Crippen LogP contribution in [0.25, 0.3) is 0 Å². The molecule has 0 aliphatic heterocycles. The van der Waals surface area contributed by atoms with E-state index >= 15 is 0 Å². The maximum absolute atomic E-state index is 4.20. The second kappa shape index (κ2) is 5.45. The zero-order chi connectivity index (χ0) is 9.68. The van der Waals surface area contributed by atoms with Gasteiger partial charge >= 0.3 is 0 Å². The van der Waals surface area contributed by atoms with E-state index in [0.717, 1.165) is 12.3 Å². The van der Waals surface area contributed by atoms with Gasteiger partial charge in [-0.1, -0.05) is 0 Å². The summed E-state index contributed by atoms with van der Waals surface area (Å²) < 4.78 is 0. The van der Waals surface area contributed by atoms with E-state index < -0.39 is 0 Å². The van der Waals surface area contributed by atoms with E-state index in [1.54, 1.807) is 11.8 Å². The molecule has 0 heterocycles. The molecule has 3 heteroatoms. The third-order valence-corrected chi connectivity index (χ3v) is 2.89. The van der Waals surface area contributed by atoms with Crippen molar-refractivity contribution < 1.29 is 0 Å². The molecule has 0 atom stereocenters. The van der Waals surface area contributed by atoms with Crippen molar-refractivity contribution in [2.75, 3.05) is 30.5 Å². The molecule has 0 amide bonds. The molecule has 0 N–H and O–H groups in total. The summed E-state index contributed by atoms with van der Waals surface area (Å²) in [7, 11) is 2.09. The van der Waals surface area contributed by atoms with Crippen LogP contribution in [0.2, 0.25) is 0 Å². The summed E-state index contributed by atoms with van der Waals surface area (Å²) in [6.45, 7) is 0.988. The van der Waals surface area contributed by atoms with Gasteiger partial charge in [-0.3, -0.25) is 0 Å². The smallest absolute Gasteiger partial charge is 0.0364 e. The zero-order valence-corrected chi connectivity index (χ0v) is 9.74. The number of hydrogen-bond acceptors (Lipinski definition) is 3. The first-order valence-electron chi connectivity index (χ1n) is 4.24. The summed E-state index contributed by atoms with van der Waals surface area (Å²) >= 11 is 5.97. The van der Waals surface area contributed by atoms with Crippen molar-refractivity contribution in [2.45, 2.75) is 4.90 Å².